The third-order valence-corrected chi connectivity index (χ3v) is 18.1. The van der Waals surface area contributed by atoms with Crippen LogP contribution in [0.25, 0.3) is 0 Å². The number of aliphatic carboxylic acids is 1. The molecule has 0 saturated heterocycles. The summed E-state index contributed by atoms with van der Waals surface area (Å²) in [6.07, 6.45) is -4.37. The molecule has 0 bridgehead atoms. The number of carboxylic acids is 1. The predicted octanol–water partition coefficient (Wildman–Crippen LogP) is 1.18. The predicted molar refractivity (Wildman–Crippen MR) is 392 cm³/mol. The van der Waals surface area contributed by atoms with Crippen LogP contribution in [-0.2, 0) is 75.2 Å². The number of carboxylic acid groups (broad SMARTS) is 1. The number of hydrogen-bond donors (Lipinski definition) is 16. The number of phenolic OH excluding ortho intramolecular Hbond substituents is 1. The minimum atomic E-state index is -1.62. The van der Waals surface area contributed by atoms with E-state index < -0.39 is 194 Å². The molecule has 0 heterocycles. The Morgan fingerprint density at radius 2 is 0.904 bits per heavy atom. The second-order valence-electron chi connectivity index (χ2n) is 28.2. The van der Waals surface area contributed by atoms with Crippen LogP contribution in [0.5, 0.6) is 5.75 Å². The molecule has 580 valence electrons. The number of nitrogens with one attached hydrogen (secondary N) is 5. The van der Waals surface area contributed by atoms with Gasteiger partial charge in [0.25, 0.3) is 0 Å². The van der Waals surface area contributed by atoms with Crippen LogP contribution >= 0.6 is 0 Å². The molecule has 24 N–H and O–H groups in total. The van der Waals surface area contributed by atoms with E-state index >= 15 is 4.79 Å². The van der Waals surface area contributed by atoms with Crippen molar-refractivity contribution in [2.45, 2.75) is 226 Å². The second-order valence-corrected chi connectivity index (χ2v) is 28.2. The summed E-state index contributed by atoms with van der Waals surface area (Å²) in [6, 6.07) is 8.52. The van der Waals surface area contributed by atoms with Gasteiger partial charge in [-0.05, 0) is 138 Å². The summed E-state index contributed by atoms with van der Waals surface area (Å²) in [6.45, 7) is 12.5. The Labute approximate surface area is 609 Å². The molecule has 0 aliphatic carbocycles. The molecule has 31 heteroatoms. The molecule has 0 radical (unpaired) electrons. The zero-order valence-electron chi connectivity index (χ0n) is 61.5. The van der Waals surface area contributed by atoms with Crippen molar-refractivity contribution < 1.29 is 77.6 Å². The summed E-state index contributed by atoms with van der Waals surface area (Å²) in [7, 11) is 0. The molecule has 0 spiro atoms. The monoisotopic (exact) mass is 1460 g/mol. The Kier molecular flexibility index (Phi) is 41.9. The summed E-state index contributed by atoms with van der Waals surface area (Å²) in [5.41, 5.74) is 46.6. The van der Waals surface area contributed by atoms with Crippen LogP contribution in [0.2, 0.25) is 0 Å². The van der Waals surface area contributed by atoms with Crippen LogP contribution in [0.15, 0.2) is 64.6 Å². The van der Waals surface area contributed by atoms with Crippen LogP contribution in [0.4, 0.5) is 0 Å². The highest BCUT2D eigenvalue weighted by molar-refractivity contribution is 5.99. The highest BCUT2D eigenvalue weighted by Crippen LogP contribution is 2.27. The topological polar surface area (TPSA) is 576 Å². The van der Waals surface area contributed by atoms with Gasteiger partial charge in [-0.2, -0.15) is 0 Å². The molecular weight excluding hydrogens is 1340 g/mol. The first-order valence-electron chi connectivity index (χ1n) is 35.9. The number of unbranched alkanes of at least 4 members (excludes halogenated alkanes) is 1. The molecule has 2 aromatic carbocycles. The van der Waals surface area contributed by atoms with Crippen LogP contribution in [0, 0.1) is 47.3 Å². The molecule has 2 rings (SSSR count). The summed E-state index contributed by atoms with van der Waals surface area (Å²) in [4.78, 5) is 187. The molecule has 1 unspecified atom stereocenters. The van der Waals surface area contributed by atoms with Crippen molar-refractivity contribution in [2.75, 3.05) is 19.6 Å². The van der Waals surface area contributed by atoms with Crippen molar-refractivity contribution in [3.63, 3.8) is 0 Å². The van der Waals surface area contributed by atoms with E-state index in [0.717, 1.165) is 5.56 Å². The Bertz CT molecular complexity index is 3190. The third kappa shape index (κ3) is 36.8. The fourth-order valence-corrected chi connectivity index (χ4v) is 12.2. The molecule has 13 atom stereocenters. The second kappa shape index (κ2) is 47.9. The van der Waals surface area contributed by atoms with Gasteiger partial charge in [-0.1, -0.05) is 83.5 Å². The number of amides is 7. The van der Waals surface area contributed by atoms with E-state index in [1.54, 1.807) is 0 Å². The summed E-state index contributed by atoms with van der Waals surface area (Å²) in [5.74, 6) is -17.5. The van der Waals surface area contributed by atoms with E-state index in [9.17, 15) is 72.9 Å². The third-order valence-electron chi connectivity index (χ3n) is 18.1. The van der Waals surface area contributed by atoms with Gasteiger partial charge in [0, 0.05) is 87.7 Å². The van der Waals surface area contributed by atoms with E-state index in [0.29, 0.717) is 31.2 Å². The lowest BCUT2D eigenvalue weighted by atomic mass is 9.83. The van der Waals surface area contributed by atoms with E-state index in [2.05, 4.69) is 36.6 Å². The zero-order valence-corrected chi connectivity index (χ0v) is 61.5. The molecule has 0 fully saturated rings. The SMILES string of the molecule is CC(C)C[C@H](CC(=O)[C@H](CC(C)C)NC(=O)[C@H](CCCCN)CC(=O)[C@H](CCCN=C(N)N)NC(=O)[C@@H](CC(=O)[C@H](CCC(N)=O)NC(=O)[C@H](CCC(N)=O)CC(=O)[C@H](CCCN=C(N)N)NC(=O)[C@@H](CC(=O)[C@@H](C)CC(=O)O)[C@@H](C)O)Cc1ccc(O)cc1)C(C)N[C@@H](Cc1ccccc1)C(N)=O. The van der Waals surface area contributed by atoms with Crippen LogP contribution < -0.4 is 72.5 Å². The van der Waals surface area contributed by atoms with Gasteiger partial charge in [-0.15, -0.1) is 0 Å². The maximum absolute atomic E-state index is 15.1. The molecule has 0 aromatic heterocycles. The summed E-state index contributed by atoms with van der Waals surface area (Å²) >= 11 is 0. The first-order valence-corrected chi connectivity index (χ1v) is 35.9. The Morgan fingerprint density at radius 3 is 1.38 bits per heavy atom. The van der Waals surface area contributed by atoms with Crippen molar-refractivity contribution in [1.82, 2.24) is 26.6 Å². The number of aliphatic imine (C=N–C) groups is 2. The summed E-state index contributed by atoms with van der Waals surface area (Å²) < 4.78 is 0. The van der Waals surface area contributed by atoms with Gasteiger partial charge in [0.1, 0.15) is 11.5 Å². The molecule has 31 nitrogen and oxygen atoms in total. The lowest BCUT2D eigenvalue weighted by molar-refractivity contribution is -0.141. The lowest BCUT2D eigenvalue weighted by Gasteiger charge is -2.31. The van der Waals surface area contributed by atoms with Crippen LogP contribution in [0.1, 0.15) is 182 Å². The van der Waals surface area contributed by atoms with Crippen molar-refractivity contribution in [3.8, 4) is 5.75 Å². The van der Waals surface area contributed by atoms with E-state index in [1.807, 2.05) is 65.0 Å². The number of aliphatic hydroxyl groups excluding tert-OH is 1. The number of guanidine groups is 2. The van der Waals surface area contributed by atoms with Gasteiger partial charge >= 0.3 is 5.97 Å². The number of ketones is 5. The first kappa shape index (κ1) is 90.9. The minimum absolute atomic E-state index is 0.00353. The number of nitrogens with two attached hydrogens (primary N) is 8. The molecule has 7 amide bonds. The smallest absolute Gasteiger partial charge is 0.304 e. The summed E-state index contributed by atoms with van der Waals surface area (Å²) in [5, 5.41) is 44.5. The van der Waals surface area contributed by atoms with Gasteiger partial charge in [0.15, 0.2) is 35.1 Å². The van der Waals surface area contributed by atoms with E-state index in [-0.39, 0.29) is 118 Å². The largest absolute Gasteiger partial charge is 0.508 e. The number of hydrogen-bond acceptors (Lipinski definition) is 19. The minimum Gasteiger partial charge on any atom is -0.508 e. The number of carbonyl (C=O) groups excluding carboxylic acids is 12. The Morgan fingerprint density at radius 1 is 0.452 bits per heavy atom. The van der Waals surface area contributed by atoms with E-state index in [1.165, 1.54) is 38.1 Å². The number of nitrogens with zero attached hydrogens (tertiary/aromatic N) is 2. The van der Waals surface area contributed by atoms with Crippen molar-refractivity contribution in [2.24, 2.45) is 103 Å². The van der Waals surface area contributed by atoms with Gasteiger partial charge in [-0.3, -0.25) is 72.3 Å². The van der Waals surface area contributed by atoms with Gasteiger partial charge in [0.05, 0.1) is 48.7 Å². The highest BCUT2D eigenvalue weighted by Gasteiger charge is 2.38. The number of aliphatic hydroxyl groups is 1. The number of benzene rings is 2. The molecule has 0 aliphatic heterocycles. The van der Waals surface area contributed by atoms with E-state index in [4.69, 9.17) is 45.9 Å². The number of phenols is 1. The molecule has 2 aromatic rings. The van der Waals surface area contributed by atoms with Gasteiger partial charge in [-0.25, -0.2) is 0 Å². The van der Waals surface area contributed by atoms with Gasteiger partial charge in [0.2, 0.25) is 41.4 Å². The van der Waals surface area contributed by atoms with Crippen molar-refractivity contribution >= 4 is 88.2 Å². The fraction of sp³-hybridized carbons (Fsp3) is 0.630. The average Bonchev–Trinajstić information content (AvgIpc) is 0.836. The van der Waals surface area contributed by atoms with Crippen LogP contribution in [0.3, 0.4) is 0 Å². The zero-order chi connectivity index (χ0) is 78.3. The maximum atomic E-state index is 15.1. The number of aromatic hydroxyl groups is 1. The lowest BCUT2D eigenvalue weighted by Crippen LogP contribution is -2.51. The molecule has 0 aliphatic rings. The molecule has 104 heavy (non-hydrogen) atoms. The number of Topliss-reactive ketones (excluding diaryl/α,β-unsaturated/α-hetero) is 5. The molecular formula is C73H117N15O16. The molecule has 0 saturated carbocycles. The normalized spacial score (nSPS) is 15.1. The van der Waals surface area contributed by atoms with Gasteiger partial charge < -0.3 is 87.8 Å². The Balaban J connectivity index is 2.68. The maximum Gasteiger partial charge on any atom is 0.304 e. The first-order chi connectivity index (χ1) is 48.9. The number of carbonyl (C=O) groups is 13. The fourth-order valence-electron chi connectivity index (χ4n) is 12.2. The van der Waals surface area contributed by atoms with Crippen molar-refractivity contribution in [3.05, 3.63) is 65.7 Å². The van der Waals surface area contributed by atoms with Crippen LogP contribution in [-0.4, -0.2) is 165 Å². The number of rotatable bonds is 56. The standard InChI is InChI=1S/C73H117N15O16/c1-41(2)31-50(44(6)84-58(67(77)100)35-46-15-9-8-10-16-46)38-63(95)57(32-42(3)4)88-68(101)48(17-11-12-28-74)36-60(92)54(18-13-29-82-72(78)79)85-70(103)51(34-47-20-23-52(90)24-21-47)39-62(94)56(25-27-65(76)97)86-69(102)49(22-26-64(75)96)37-61(93)55(19-14-30-83-73(80)81)87-71(104)53(45(7)89)40-59(91)43(5)33-66(98)99/h8-10,15-16,20-21,23-24,41-45,48-51,53-58,84,89-90H,11-14,17-19,22,25-40,74H2,1-7H3,(H2,75,96)(H2,76,97)(H2,77,100)(H,85,103)(H,86,102)(H,87,104)(H,88,101)(H,98,99)(H4,78,79,82)(H4,80,81,83)/t43-,44?,45+,48+,49+,50+,51+,53-,54-,55-,56-,57-,58-/m0/s1. The highest BCUT2D eigenvalue weighted by atomic mass is 16.4. The Hall–Kier alpha value is -9.23. The number of primary amides is 3. The quantitative estimate of drug-likeness (QED) is 0.0251. The average molecular weight is 1460 g/mol. The van der Waals surface area contributed by atoms with Crippen molar-refractivity contribution in [1.29, 1.82) is 0 Å².